The predicted molar refractivity (Wildman–Crippen MR) is 92.3 cm³/mol. The van der Waals surface area contributed by atoms with E-state index in [9.17, 15) is 9.59 Å². The van der Waals surface area contributed by atoms with Gasteiger partial charge in [0.25, 0.3) is 0 Å². The number of nitrogens with zero attached hydrogens (tertiary/aromatic N) is 1. The molecule has 2 amide bonds. The van der Waals surface area contributed by atoms with Crippen molar-refractivity contribution < 1.29 is 47.0 Å². The summed E-state index contributed by atoms with van der Waals surface area (Å²) in [5.74, 6) is 0.424. The molecular weight excluding hydrogens is 393 g/mol. The summed E-state index contributed by atoms with van der Waals surface area (Å²) < 4.78 is 5.45. The van der Waals surface area contributed by atoms with E-state index in [2.05, 4.69) is 31.3 Å². The molecule has 1 N–H and O–H groups in total. The van der Waals surface area contributed by atoms with Crippen LogP contribution in [0, 0.1) is 19.9 Å². The van der Waals surface area contributed by atoms with Gasteiger partial charge in [-0.2, -0.15) is 17.2 Å². The van der Waals surface area contributed by atoms with Crippen LogP contribution in [0.5, 0.6) is 0 Å². The number of piperidine rings is 1. The molecule has 2 saturated heterocycles. The normalized spacial score (nSPS) is 23.1. The van der Waals surface area contributed by atoms with Gasteiger partial charge in [0.15, 0.2) is 0 Å². The molecule has 2 heterocycles. The number of hydrogen-bond donors (Lipinski definition) is 1. The maximum atomic E-state index is 12.2. The van der Waals surface area contributed by atoms with Gasteiger partial charge in [-0.15, -0.1) is 11.6 Å². The Labute approximate surface area is 174 Å². The fraction of sp³-hybridized carbons (Fsp3) is 0.579. The van der Waals surface area contributed by atoms with E-state index in [4.69, 9.17) is 4.74 Å². The largest absolute Gasteiger partial charge is 3.00 e. The second kappa shape index (κ2) is 8.63. The minimum absolute atomic E-state index is 0. The van der Waals surface area contributed by atoms with E-state index in [0.29, 0.717) is 25.4 Å². The number of benzene rings is 1. The van der Waals surface area contributed by atoms with Gasteiger partial charge in [-0.25, -0.2) is 4.79 Å². The minimum atomic E-state index is -0.262. The van der Waals surface area contributed by atoms with Gasteiger partial charge in [-0.3, -0.25) is 4.79 Å². The third-order valence-corrected chi connectivity index (χ3v) is 4.93. The summed E-state index contributed by atoms with van der Waals surface area (Å²) in [5.41, 5.74) is 4.11. The smallest absolute Gasteiger partial charge is 0.445 e. The zero-order valence-corrected chi connectivity index (χ0v) is 18.1. The summed E-state index contributed by atoms with van der Waals surface area (Å²) in [6.45, 7) is 7.41. The van der Waals surface area contributed by atoms with Crippen molar-refractivity contribution in [3.8, 4) is 0 Å². The molecule has 2 aliphatic rings. The van der Waals surface area contributed by atoms with Crippen LogP contribution in [0.4, 0.5) is 10.5 Å². The summed E-state index contributed by atoms with van der Waals surface area (Å²) in [4.78, 5) is 25.3. The molecule has 1 aromatic rings. The van der Waals surface area contributed by atoms with Gasteiger partial charge in [0.1, 0.15) is 6.10 Å². The fourth-order valence-electron chi connectivity index (χ4n) is 3.63. The number of rotatable bonds is 4. The Hall–Kier alpha value is -0.936. The Bertz CT molecular complexity index is 652. The number of nitrogens with one attached hydrogen (secondary N) is 1. The number of aryl methyl sites for hydroxylation is 2. The molecule has 0 spiro atoms. The molecule has 25 heavy (non-hydrogen) atoms. The van der Waals surface area contributed by atoms with Crippen LogP contribution < -0.4 is 10.2 Å². The van der Waals surface area contributed by atoms with Crippen molar-refractivity contribution in [1.29, 1.82) is 0 Å². The number of amides is 2. The maximum Gasteiger partial charge on any atom is 3.00 e. The molecule has 0 aromatic heterocycles. The molecule has 130 valence electrons. The number of hydrogen-bond acceptors (Lipinski definition) is 3. The third kappa shape index (κ3) is 4.43. The van der Waals surface area contributed by atoms with Crippen LogP contribution in [0.3, 0.4) is 0 Å². The summed E-state index contributed by atoms with van der Waals surface area (Å²) in [6.07, 6.45) is 3.03. The maximum absolute atomic E-state index is 12.2. The van der Waals surface area contributed by atoms with Crippen molar-refractivity contribution >= 4 is 17.7 Å². The van der Waals surface area contributed by atoms with E-state index in [0.717, 1.165) is 41.6 Å². The van der Waals surface area contributed by atoms with Crippen molar-refractivity contribution in [3.63, 3.8) is 0 Å². The number of carbonyl (C=O) groups is 2. The zero-order chi connectivity index (χ0) is 17.3. The van der Waals surface area contributed by atoms with Crippen molar-refractivity contribution in [2.75, 3.05) is 18.0 Å². The monoisotopic (exact) mass is 418 g/mol. The Kier molecular flexibility index (Phi) is 7.04. The molecule has 6 heteroatoms. The van der Waals surface area contributed by atoms with Crippen LogP contribution >= 0.6 is 0 Å². The average molecular weight is 418 g/mol. The minimum Gasteiger partial charge on any atom is -0.445 e. The van der Waals surface area contributed by atoms with Crippen LogP contribution in [0.2, 0.25) is 0 Å². The Morgan fingerprint density at radius 3 is 2.76 bits per heavy atom. The number of cyclic esters (lactones) is 1. The summed E-state index contributed by atoms with van der Waals surface area (Å²) in [7, 11) is 0. The van der Waals surface area contributed by atoms with Crippen LogP contribution in [0.15, 0.2) is 6.07 Å². The average Bonchev–Trinajstić information content (AvgIpc) is 2.91. The van der Waals surface area contributed by atoms with E-state index in [-0.39, 0.29) is 50.8 Å². The van der Waals surface area contributed by atoms with Gasteiger partial charge in [0.2, 0.25) is 5.91 Å². The van der Waals surface area contributed by atoms with Gasteiger partial charge >= 0.3 is 38.8 Å². The standard InChI is InChI=1S/C19H25N2O3.Y/c1-4-5-15-11-21(19(23)24-15)17-9-12(2)16(8-13(17)3)14-6-7-18(22)20-10-14;/h9,14-15H,4-7,10-11H2,1-3H3,(H,20,22);/q-1;+3. The molecule has 0 bridgehead atoms. The molecule has 0 aliphatic carbocycles. The van der Waals surface area contributed by atoms with Gasteiger partial charge in [-0.1, -0.05) is 32.9 Å². The van der Waals surface area contributed by atoms with Crippen molar-refractivity contribution in [3.05, 3.63) is 28.8 Å². The Morgan fingerprint density at radius 1 is 1.36 bits per heavy atom. The molecule has 2 aliphatic heterocycles. The van der Waals surface area contributed by atoms with E-state index in [1.54, 1.807) is 4.90 Å². The van der Waals surface area contributed by atoms with E-state index in [1.807, 2.05) is 6.92 Å². The van der Waals surface area contributed by atoms with E-state index in [1.165, 1.54) is 0 Å². The van der Waals surface area contributed by atoms with Crippen LogP contribution in [0.25, 0.3) is 0 Å². The van der Waals surface area contributed by atoms with Gasteiger partial charge < -0.3 is 15.0 Å². The van der Waals surface area contributed by atoms with E-state index >= 15 is 0 Å². The van der Waals surface area contributed by atoms with Gasteiger partial charge in [-0.05, 0) is 18.8 Å². The summed E-state index contributed by atoms with van der Waals surface area (Å²) in [6, 6.07) is 5.53. The summed E-state index contributed by atoms with van der Waals surface area (Å²) >= 11 is 0. The zero-order valence-electron chi connectivity index (χ0n) is 15.2. The first kappa shape index (κ1) is 20.4. The Balaban J connectivity index is 0.00000225. The molecule has 2 atom stereocenters. The second-order valence-corrected chi connectivity index (χ2v) is 6.82. The van der Waals surface area contributed by atoms with Crippen LogP contribution in [-0.2, 0) is 42.2 Å². The van der Waals surface area contributed by atoms with Crippen molar-refractivity contribution in [2.24, 2.45) is 0 Å². The van der Waals surface area contributed by atoms with Crippen molar-refractivity contribution in [1.82, 2.24) is 5.32 Å². The topological polar surface area (TPSA) is 58.6 Å². The van der Waals surface area contributed by atoms with Crippen LogP contribution in [-0.4, -0.2) is 31.2 Å². The third-order valence-electron chi connectivity index (χ3n) is 4.93. The molecule has 1 aromatic carbocycles. The molecule has 2 unspecified atom stereocenters. The molecular formula is C19H25N2O3Y+2. The quantitative estimate of drug-likeness (QED) is 0.764. The van der Waals surface area contributed by atoms with Gasteiger partial charge in [0.05, 0.1) is 6.54 Å². The Morgan fingerprint density at radius 2 is 2.12 bits per heavy atom. The molecule has 0 saturated carbocycles. The molecule has 2 fully saturated rings. The first-order valence-corrected chi connectivity index (χ1v) is 8.77. The molecule has 0 radical (unpaired) electrons. The van der Waals surface area contributed by atoms with Crippen LogP contribution in [0.1, 0.15) is 55.2 Å². The molecule has 5 nitrogen and oxygen atoms in total. The summed E-state index contributed by atoms with van der Waals surface area (Å²) in [5, 5.41) is 2.93. The first-order valence-electron chi connectivity index (χ1n) is 8.77. The second-order valence-electron chi connectivity index (χ2n) is 6.82. The SMILES string of the molecule is CCCC1CN(c2cc(C)c(C3CCC(=O)NC3)[c-]c2C)C(=O)O1.[Y+3]. The first-order chi connectivity index (χ1) is 11.5. The number of ether oxygens (including phenoxy) is 1. The van der Waals surface area contributed by atoms with E-state index < -0.39 is 0 Å². The number of anilines is 1. The van der Waals surface area contributed by atoms with Gasteiger partial charge in [0, 0.05) is 13.0 Å². The van der Waals surface area contributed by atoms with Crippen molar-refractivity contribution in [2.45, 2.75) is 58.5 Å². The fourth-order valence-corrected chi connectivity index (χ4v) is 3.63. The molecule has 3 rings (SSSR count). The number of carbonyl (C=O) groups excluding carboxylic acids is 2. The predicted octanol–water partition coefficient (Wildman–Crippen LogP) is 3.22.